The van der Waals surface area contributed by atoms with Crippen LogP contribution in [0.5, 0.6) is 0 Å². The van der Waals surface area contributed by atoms with Gasteiger partial charge in [0.15, 0.2) is 5.78 Å². The van der Waals surface area contributed by atoms with E-state index < -0.39 is 10.0 Å². The summed E-state index contributed by atoms with van der Waals surface area (Å²) >= 11 is 0. The number of allylic oxidation sites excluding steroid dienone is 1. The van der Waals surface area contributed by atoms with Crippen molar-refractivity contribution in [3.63, 3.8) is 0 Å². The number of benzene rings is 3. The fourth-order valence-electron chi connectivity index (χ4n) is 2.66. The standard InChI is InChI=1S/C21H19NO3S/c1-22(2)26(24,25)19-13-10-18(11-14-19)21(23)15-12-17-8-5-7-16-6-3-4-9-20(16)17/h3-15H,1-2H3/b15-12+. The second-order valence-electron chi connectivity index (χ2n) is 6.08. The predicted molar refractivity (Wildman–Crippen MR) is 105 cm³/mol. The first-order chi connectivity index (χ1) is 12.4. The Bertz CT molecular complexity index is 1080. The molecule has 4 nitrogen and oxygen atoms in total. The van der Waals surface area contributed by atoms with Gasteiger partial charge in [0, 0.05) is 19.7 Å². The van der Waals surface area contributed by atoms with Crippen molar-refractivity contribution in [2.75, 3.05) is 14.1 Å². The van der Waals surface area contributed by atoms with Crippen LogP contribution in [0, 0.1) is 0 Å². The summed E-state index contributed by atoms with van der Waals surface area (Å²) in [6, 6.07) is 19.9. The number of hydrogen-bond donors (Lipinski definition) is 0. The Labute approximate surface area is 153 Å². The lowest BCUT2D eigenvalue weighted by Crippen LogP contribution is -2.22. The van der Waals surface area contributed by atoms with Crippen LogP contribution in [0.4, 0.5) is 0 Å². The summed E-state index contributed by atoms with van der Waals surface area (Å²) in [7, 11) is -0.548. The fourth-order valence-corrected chi connectivity index (χ4v) is 3.56. The monoisotopic (exact) mass is 365 g/mol. The Morgan fingerprint density at radius 1 is 0.885 bits per heavy atom. The van der Waals surface area contributed by atoms with E-state index in [4.69, 9.17) is 0 Å². The molecule has 0 aliphatic heterocycles. The maximum atomic E-state index is 12.4. The van der Waals surface area contributed by atoms with Crippen LogP contribution >= 0.6 is 0 Å². The first-order valence-electron chi connectivity index (χ1n) is 8.12. The summed E-state index contributed by atoms with van der Waals surface area (Å²) in [5.41, 5.74) is 1.41. The zero-order valence-electron chi connectivity index (χ0n) is 14.6. The van der Waals surface area contributed by atoms with E-state index in [9.17, 15) is 13.2 Å². The number of nitrogens with zero attached hydrogens (tertiary/aromatic N) is 1. The van der Waals surface area contributed by atoms with E-state index in [2.05, 4.69) is 0 Å². The molecule has 26 heavy (non-hydrogen) atoms. The van der Waals surface area contributed by atoms with Crippen molar-refractivity contribution < 1.29 is 13.2 Å². The fraction of sp³-hybridized carbons (Fsp3) is 0.0952. The molecule has 132 valence electrons. The Morgan fingerprint density at radius 3 is 2.23 bits per heavy atom. The average Bonchev–Trinajstić information content (AvgIpc) is 2.66. The van der Waals surface area contributed by atoms with Crippen LogP contribution in [-0.4, -0.2) is 32.6 Å². The van der Waals surface area contributed by atoms with Gasteiger partial charge in [0.2, 0.25) is 10.0 Å². The molecule has 0 radical (unpaired) electrons. The van der Waals surface area contributed by atoms with E-state index in [0.29, 0.717) is 5.56 Å². The topological polar surface area (TPSA) is 54.5 Å². The predicted octanol–water partition coefficient (Wildman–Crippen LogP) is 3.99. The largest absolute Gasteiger partial charge is 0.289 e. The second kappa shape index (κ2) is 7.23. The van der Waals surface area contributed by atoms with Gasteiger partial charge in [0.25, 0.3) is 0 Å². The van der Waals surface area contributed by atoms with Crippen molar-refractivity contribution in [2.45, 2.75) is 4.90 Å². The summed E-state index contributed by atoms with van der Waals surface area (Å²) in [5, 5.41) is 2.19. The minimum absolute atomic E-state index is 0.164. The van der Waals surface area contributed by atoms with Crippen molar-refractivity contribution in [3.05, 3.63) is 83.9 Å². The van der Waals surface area contributed by atoms with Crippen LogP contribution in [0.1, 0.15) is 15.9 Å². The number of fused-ring (bicyclic) bond motifs is 1. The van der Waals surface area contributed by atoms with E-state index in [1.165, 1.54) is 44.4 Å². The molecule has 0 aliphatic carbocycles. The quantitative estimate of drug-likeness (QED) is 0.507. The lowest BCUT2D eigenvalue weighted by Gasteiger charge is -2.11. The summed E-state index contributed by atoms with van der Waals surface area (Å²) in [5.74, 6) is -0.174. The van der Waals surface area contributed by atoms with Gasteiger partial charge in [-0.1, -0.05) is 48.5 Å². The molecule has 0 N–H and O–H groups in total. The van der Waals surface area contributed by atoms with Crippen LogP contribution in [0.3, 0.4) is 0 Å². The smallest absolute Gasteiger partial charge is 0.242 e. The minimum Gasteiger partial charge on any atom is -0.289 e. The van der Waals surface area contributed by atoms with Crippen molar-refractivity contribution in [3.8, 4) is 0 Å². The SMILES string of the molecule is CN(C)S(=O)(=O)c1ccc(C(=O)/C=C/c2cccc3ccccc23)cc1. The third-order valence-electron chi connectivity index (χ3n) is 4.16. The van der Waals surface area contributed by atoms with E-state index in [1.807, 2.05) is 42.5 Å². The first-order valence-corrected chi connectivity index (χ1v) is 9.56. The highest BCUT2D eigenvalue weighted by atomic mass is 32.2. The third-order valence-corrected chi connectivity index (χ3v) is 5.98. The van der Waals surface area contributed by atoms with E-state index in [0.717, 1.165) is 20.6 Å². The molecule has 3 rings (SSSR count). The normalized spacial score (nSPS) is 12.1. The molecule has 5 heteroatoms. The van der Waals surface area contributed by atoms with Gasteiger partial charge in [0.05, 0.1) is 4.90 Å². The van der Waals surface area contributed by atoms with Crippen LogP contribution in [-0.2, 0) is 10.0 Å². The molecule has 0 bridgehead atoms. The zero-order valence-corrected chi connectivity index (χ0v) is 15.4. The number of sulfonamides is 1. The number of rotatable bonds is 5. The molecule has 0 spiro atoms. The molecule has 0 aliphatic rings. The van der Waals surface area contributed by atoms with Gasteiger partial charge in [-0.25, -0.2) is 12.7 Å². The van der Waals surface area contributed by atoms with Crippen molar-refractivity contribution in [1.82, 2.24) is 4.31 Å². The molecule has 3 aromatic carbocycles. The van der Waals surface area contributed by atoms with Crippen molar-refractivity contribution in [2.24, 2.45) is 0 Å². The van der Waals surface area contributed by atoms with Gasteiger partial charge in [-0.15, -0.1) is 0 Å². The summed E-state index contributed by atoms with van der Waals surface area (Å²) in [6.07, 6.45) is 3.30. The van der Waals surface area contributed by atoms with Crippen LogP contribution in [0.2, 0.25) is 0 Å². The molecule has 0 amide bonds. The maximum Gasteiger partial charge on any atom is 0.242 e. The van der Waals surface area contributed by atoms with Crippen LogP contribution in [0.15, 0.2) is 77.7 Å². The highest BCUT2D eigenvalue weighted by molar-refractivity contribution is 7.89. The molecule has 0 saturated heterocycles. The molecular weight excluding hydrogens is 346 g/mol. The maximum absolute atomic E-state index is 12.4. The van der Waals surface area contributed by atoms with E-state index >= 15 is 0 Å². The Morgan fingerprint density at radius 2 is 1.54 bits per heavy atom. The molecule has 0 fully saturated rings. The van der Waals surface area contributed by atoms with E-state index in [-0.39, 0.29) is 10.7 Å². The third kappa shape index (κ3) is 3.59. The summed E-state index contributed by atoms with van der Waals surface area (Å²) in [6.45, 7) is 0. The lowest BCUT2D eigenvalue weighted by atomic mass is 10.0. The van der Waals surface area contributed by atoms with Crippen LogP contribution in [0.25, 0.3) is 16.8 Å². The molecule has 0 saturated carbocycles. The van der Waals surface area contributed by atoms with Crippen molar-refractivity contribution >= 4 is 32.7 Å². The highest BCUT2D eigenvalue weighted by Gasteiger charge is 2.17. The minimum atomic E-state index is -3.49. The van der Waals surface area contributed by atoms with Gasteiger partial charge in [-0.2, -0.15) is 0 Å². The van der Waals surface area contributed by atoms with Crippen molar-refractivity contribution in [1.29, 1.82) is 0 Å². The summed E-state index contributed by atoms with van der Waals surface area (Å²) in [4.78, 5) is 12.6. The van der Waals surface area contributed by atoms with Gasteiger partial charge in [0.1, 0.15) is 0 Å². The molecule has 0 unspecified atom stereocenters. The number of hydrogen-bond acceptors (Lipinski definition) is 3. The van der Waals surface area contributed by atoms with Gasteiger partial charge in [-0.05, 0) is 46.7 Å². The Balaban J connectivity index is 1.85. The first kappa shape index (κ1) is 18.0. The van der Waals surface area contributed by atoms with E-state index in [1.54, 1.807) is 6.08 Å². The average molecular weight is 365 g/mol. The number of ketones is 1. The number of carbonyl (C=O) groups excluding carboxylic acids is 1. The second-order valence-corrected chi connectivity index (χ2v) is 8.23. The van der Waals surface area contributed by atoms with Gasteiger partial charge >= 0.3 is 0 Å². The lowest BCUT2D eigenvalue weighted by molar-refractivity contribution is 0.104. The zero-order chi connectivity index (χ0) is 18.7. The molecule has 0 heterocycles. The van der Waals surface area contributed by atoms with Crippen LogP contribution < -0.4 is 0 Å². The molecule has 0 aromatic heterocycles. The van der Waals surface area contributed by atoms with Gasteiger partial charge in [-0.3, -0.25) is 4.79 Å². The Kier molecular flexibility index (Phi) is 5.02. The Hall–Kier alpha value is -2.76. The highest BCUT2D eigenvalue weighted by Crippen LogP contribution is 2.20. The molecular formula is C21H19NO3S. The number of carbonyl (C=O) groups is 1. The molecule has 3 aromatic rings. The van der Waals surface area contributed by atoms with Gasteiger partial charge < -0.3 is 0 Å². The molecule has 0 atom stereocenters. The summed E-state index contributed by atoms with van der Waals surface area (Å²) < 4.78 is 25.3.